The Labute approximate surface area is 186 Å². The summed E-state index contributed by atoms with van der Waals surface area (Å²) in [6.07, 6.45) is 2.49. The van der Waals surface area contributed by atoms with Crippen LogP contribution in [0.3, 0.4) is 0 Å². The molecule has 2 fully saturated rings. The summed E-state index contributed by atoms with van der Waals surface area (Å²) in [4.78, 5) is 19.8. The van der Waals surface area contributed by atoms with Gasteiger partial charge < -0.3 is 4.90 Å². The quantitative estimate of drug-likeness (QED) is 0.531. The molecule has 0 bridgehead atoms. The molecule has 6 nitrogen and oxygen atoms in total. The van der Waals surface area contributed by atoms with Crippen molar-refractivity contribution in [1.82, 2.24) is 14.5 Å². The highest BCUT2D eigenvalue weighted by atomic mass is 32.2. The Morgan fingerprint density at radius 2 is 1.94 bits per heavy atom. The number of aromatic nitrogens is 2. The first-order chi connectivity index (χ1) is 14.9. The van der Waals surface area contributed by atoms with Crippen LogP contribution in [0.5, 0.6) is 0 Å². The maximum Gasteiger partial charge on any atom is 0.233 e. The topological polar surface area (TPSA) is 72.3 Å². The molecule has 1 aliphatic heterocycles. The lowest BCUT2D eigenvalue weighted by Crippen LogP contribution is -2.43. The summed E-state index contributed by atoms with van der Waals surface area (Å²) < 4.78 is 26.0. The minimum Gasteiger partial charge on any atom is -0.335 e. The SMILES string of the molecule is Cc1cccc(-n2c(SCC(=O)N(C3CC3)C3CCS(=O)(=O)C3)nc3ccccc32)c1. The first-order valence-corrected chi connectivity index (χ1v) is 13.4. The van der Waals surface area contributed by atoms with Gasteiger partial charge in [-0.25, -0.2) is 13.4 Å². The van der Waals surface area contributed by atoms with Gasteiger partial charge in [-0.05, 0) is 56.0 Å². The van der Waals surface area contributed by atoms with E-state index in [4.69, 9.17) is 4.98 Å². The lowest BCUT2D eigenvalue weighted by molar-refractivity contribution is -0.130. The average Bonchev–Trinajstić information content (AvgIpc) is 3.39. The van der Waals surface area contributed by atoms with Crippen LogP contribution in [0.1, 0.15) is 24.8 Å². The molecule has 1 unspecified atom stereocenters. The van der Waals surface area contributed by atoms with E-state index in [2.05, 4.69) is 23.6 Å². The normalized spacial score (nSPS) is 20.2. The molecule has 3 aromatic rings. The molecule has 1 atom stereocenters. The number of amides is 1. The van der Waals surface area contributed by atoms with E-state index in [1.807, 2.05) is 41.3 Å². The monoisotopic (exact) mass is 455 g/mol. The van der Waals surface area contributed by atoms with Crippen molar-refractivity contribution in [2.75, 3.05) is 17.3 Å². The molecule has 0 N–H and O–H groups in total. The van der Waals surface area contributed by atoms with E-state index in [1.54, 1.807) is 0 Å². The van der Waals surface area contributed by atoms with Crippen LogP contribution >= 0.6 is 11.8 Å². The molecule has 1 saturated heterocycles. The van der Waals surface area contributed by atoms with Crippen LogP contribution in [-0.4, -0.2) is 58.1 Å². The van der Waals surface area contributed by atoms with Crippen molar-refractivity contribution < 1.29 is 13.2 Å². The third-order valence-electron chi connectivity index (χ3n) is 5.94. The number of nitrogens with zero attached hydrogens (tertiary/aromatic N) is 3. The van der Waals surface area contributed by atoms with Crippen LogP contribution in [0, 0.1) is 6.92 Å². The van der Waals surface area contributed by atoms with Crippen molar-refractivity contribution >= 4 is 38.5 Å². The first-order valence-electron chi connectivity index (χ1n) is 10.6. The minimum absolute atomic E-state index is 0.0115. The number of fused-ring (bicyclic) bond motifs is 1. The number of rotatable bonds is 6. The summed E-state index contributed by atoms with van der Waals surface area (Å²) in [6.45, 7) is 2.06. The highest BCUT2D eigenvalue weighted by Crippen LogP contribution is 2.34. The third kappa shape index (κ3) is 4.23. The minimum atomic E-state index is -3.03. The molecule has 2 aliphatic rings. The van der Waals surface area contributed by atoms with E-state index in [0.717, 1.165) is 40.3 Å². The summed E-state index contributed by atoms with van der Waals surface area (Å²) in [6, 6.07) is 16.2. The average molecular weight is 456 g/mol. The number of thioether (sulfide) groups is 1. The molecule has 5 rings (SSSR count). The van der Waals surface area contributed by atoms with Crippen LogP contribution in [0.4, 0.5) is 0 Å². The van der Waals surface area contributed by atoms with Gasteiger partial charge in [-0.3, -0.25) is 9.36 Å². The molecular formula is C23H25N3O3S2. The van der Waals surface area contributed by atoms with Crippen molar-refractivity contribution in [3.63, 3.8) is 0 Å². The fourth-order valence-corrected chi connectivity index (χ4v) is 6.98. The molecule has 1 amide bonds. The van der Waals surface area contributed by atoms with Crippen molar-refractivity contribution in [1.29, 1.82) is 0 Å². The van der Waals surface area contributed by atoms with Crippen LogP contribution in [0.2, 0.25) is 0 Å². The number of carbonyl (C=O) groups excluding carboxylic acids is 1. The highest BCUT2D eigenvalue weighted by Gasteiger charge is 2.42. The molecular weight excluding hydrogens is 430 g/mol. The van der Waals surface area contributed by atoms with Crippen molar-refractivity contribution in [2.24, 2.45) is 0 Å². The molecule has 1 aliphatic carbocycles. The molecule has 2 aromatic carbocycles. The lowest BCUT2D eigenvalue weighted by Gasteiger charge is -2.28. The molecule has 162 valence electrons. The molecule has 8 heteroatoms. The van der Waals surface area contributed by atoms with Gasteiger partial charge in [-0.15, -0.1) is 0 Å². The number of para-hydroxylation sites is 2. The van der Waals surface area contributed by atoms with Crippen molar-refractivity contribution in [2.45, 2.75) is 43.4 Å². The standard InChI is InChI=1S/C23H25N3O3S2/c1-16-5-4-6-18(13-16)26-21-8-3-2-7-20(21)24-23(26)30-14-22(27)25(17-9-10-17)19-11-12-31(28,29)15-19/h2-8,13,17,19H,9-12,14-15H2,1H3. The van der Waals surface area contributed by atoms with E-state index in [9.17, 15) is 13.2 Å². The summed E-state index contributed by atoms with van der Waals surface area (Å²) in [5.74, 6) is 0.548. The molecule has 0 radical (unpaired) electrons. The Bertz CT molecular complexity index is 1250. The Morgan fingerprint density at radius 1 is 1.13 bits per heavy atom. The first kappa shape index (κ1) is 20.6. The Kier molecular flexibility index (Phi) is 5.30. The Balaban J connectivity index is 1.42. The second kappa shape index (κ2) is 7.98. The van der Waals surface area contributed by atoms with Gasteiger partial charge in [0.2, 0.25) is 5.91 Å². The second-order valence-electron chi connectivity index (χ2n) is 8.44. The predicted molar refractivity (Wildman–Crippen MR) is 123 cm³/mol. The third-order valence-corrected chi connectivity index (χ3v) is 8.62. The van der Waals surface area contributed by atoms with Gasteiger partial charge in [0.25, 0.3) is 0 Å². The summed E-state index contributed by atoms with van der Waals surface area (Å²) >= 11 is 1.42. The molecule has 1 aromatic heterocycles. The zero-order valence-corrected chi connectivity index (χ0v) is 19.0. The number of sulfone groups is 1. The predicted octanol–water partition coefficient (Wildman–Crippen LogP) is 3.60. The van der Waals surface area contributed by atoms with Crippen molar-refractivity contribution in [3.8, 4) is 5.69 Å². The van der Waals surface area contributed by atoms with Gasteiger partial charge in [0.05, 0.1) is 28.3 Å². The van der Waals surface area contributed by atoms with Gasteiger partial charge in [0.1, 0.15) is 0 Å². The fraction of sp³-hybridized carbons (Fsp3) is 0.391. The molecule has 2 heterocycles. The number of carbonyl (C=O) groups is 1. The maximum atomic E-state index is 13.2. The van der Waals surface area contributed by atoms with Crippen molar-refractivity contribution in [3.05, 3.63) is 54.1 Å². The molecule has 1 saturated carbocycles. The number of aryl methyl sites for hydroxylation is 1. The van der Waals surface area contributed by atoms with E-state index in [0.29, 0.717) is 6.42 Å². The summed E-state index contributed by atoms with van der Waals surface area (Å²) in [7, 11) is -3.03. The van der Waals surface area contributed by atoms with Gasteiger partial charge in [0, 0.05) is 17.8 Å². The second-order valence-corrected chi connectivity index (χ2v) is 11.6. The number of hydrogen-bond donors (Lipinski definition) is 0. The van der Waals surface area contributed by atoms with E-state index in [1.165, 1.54) is 11.8 Å². The van der Waals surface area contributed by atoms with E-state index in [-0.39, 0.29) is 35.2 Å². The number of imidazole rings is 1. The van der Waals surface area contributed by atoms with Crippen LogP contribution in [0.25, 0.3) is 16.7 Å². The van der Waals surface area contributed by atoms with Crippen LogP contribution in [-0.2, 0) is 14.6 Å². The van der Waals surface area contributed by atoms with Gasteiger partial charge in [-0.1, -0.05) is 36.0 Å². The smallest absolute Gasteiger partial charge is 0.233 e. The fourth-order valence-electron chi connectivity index (χ4n) is 4.37. The van der Waals surface area contributed by atoms with E-state index >= 15 is 0 Å². The number of hydrogen-bond acceptors (Lipinski definition) is 5. The lowest BCUT2D eigenvalue weighted by atomic mass is 10.2. The van der Waals surface area contributed by atoms with Crippen LogP contribution < -0.4 is 0 Å². The Hall–Kier alpha value is -2.32. The zero-order valence-electron chi connectivity index (χ0n) is 17.4. The zero-order chi connectivity index (χ0) is 21.6. The van der Waals surface area contributed by atoms with Crippen LogP contribution in [0.15, 0.2) is 53.7 Å². The maximum absolute atomic E-state index is 13.2. The number of benzene rings is 2. The Morgan fingerprint density at radius 3 is 2.65 bits per heavy atom. The van der Waals surface area contributed by atoms with Gasteiger partial charge in [0.15, 0.2) is 15.0 Å². The summed E-state index contributed by atoms with van der Waals surface area (Å²) in [5, 5.41) is 0.773. The highest BCUT2D eigenvalue weighted by molar-refractivity contribution is 7.99. The largest absolute Gasteiger partial charge is 0.335 e. The molecule has 31 heavy (non-hydrogen) atoms. The van der Waals surface area contributed by atoms with E-state index < -0.39 is 9.84 Å². The molecule has 0 spiro atoms. The summed E-state index contributed by atoms with van der Waals surface area (Å²) in [5.41, 5.74) is 4.07. The van der Waals surface area contributed by atoms with Gasteiger partial charge >= 0.3 is 0 Å². The van der Waals surface area contributed by atoms with Gasteiger partial charge in [-0.2, -0.15) is 0 Å².